The van der Waals surface area contributed by atoms with Crippen LogP contribution in [0.1, 0.15) is 4.28 Å². The first kappa shape index (κ1) is 27.8. The van der Waals surface area contributed by atoms with Crippen molar-refractivity contribution in [2.24, 2.45) is 0 Å². The summed E-state index contributed by atoms with van der Waals surface area (Å²) in [6.07, 6.45) is 0. The third-order valence-electron chi connectivity index (χ3n) is 1.75. The average molecular weight is 390 g/mol. The minimum Gasteiger partial charge on any atom is -1.00 e. The van der Waals surface area contributed by atoms with Crippen LogP contribution in [0.25, 0.3) is 0 Å². The van der Waals surface area contributed by atoms with Gasteiger partial charge in [0.1, 0.15) is 0 Å². The Hall–Kier alpha value is 1.95. The quantitative estimate of drug-likeness (QED) is 0.336. The monoisotopic (exact) mass is 390 g/mol. The molecule has 0 radical (unpaired) electrons. The zero-order valence-corrected chi connectivity index (χ0v) is 19.7. The summed E-state index contributed by atoms with van der Waals surface area (Å²) < 4.78 is 90.8. The summed E-state index contributed by atoms with van der Waals surface area (Å²) in [5.74, 6) is 0. The minimum absolute atomic E-state index is 0. The molecule has 0 aromatic heterocycles. The zero-order chi connectivity index (χ0) is 14.4. The first-order chi connectivity index (χ1) is 7.82. The van der Waals surface area contributed by atoms with E-state index < -0.39 is 45.0 Å². The van der Waals surface area contributed by atoms with Crippen LogP contribution in [0.2, 0.25) is 0 Å². The molecule has 21 heavy (non-hydrogen) atoms. The standard InChI is InChI=1S/C6H6O9S3.3Na.3H/c7-16(8,9)4-1-5(17(10,11)12)3-6(2-4)18(13,14)15;;;;;;/h1-3H,(H,7,8,9)(H,10,11,12)(H,13,14,15);;;;;;/q;3*+1;3*-1. The first-order valence-corrected chi connectivity index (χ1v) is 8.21. The van der Waals surface area contributed by atoms with Gasteiger partial charge in [-0.1, -0.05) is 0 Å². The van der Waals surface area contributed by atoms with Crippen molar-refractivity contribution in [2.75, 3.05) is 0 Å². The number of hydrogen-bond acceptors (Lipinski definition) is 6. The van der Waals surface area contributed by atoms with Crippen LogP contribution >= 0.6 is 0 Å². The molecule has 0 aliphatic heterocycles. The molecule has 0 amide bonds. The number of hydrogen-bond donors (Lipinski definition) is 3. The fraction of sp³-hybridized carbons (Fsp3) is 0. The van der Waals surface area contributed by atoms with Crippen LogP contribution in [-0.2, 0) is 30.4 Å². The molecule has 0 unspecified atom stereocenters. The number of benzene rings is 1. The Labute approximate surface area is 192 Å². The fourth-order valence-electron chi connectivity index (χ4n) is 0.992. The van der Waals surface area contributed by atoms with Crippen molar-refractivity contribution in [1.82, 2.24) is 0 Å². The van der Waals surface area contributed by atoms with E-state index in [4.69, 9.17) is 13.7 Å². The molecular formula is C6H9Na3O9S3. The summed E-state index contributed by atoms with van der Waals surface area (Å²) in [6.45, 7) is 0. The molecule has 0 saturated carbocycles. The summed E-state index contributed by atoms with van der Waals surface area (Å²) in [7, 11) is -14.8. The molecule has 1 aromatic carbocycles. The predicted molar refractivity (Wildman–Crippen MR) is 59.2 cm³/mol. The molecular weight excluding hydrogens is 381 g/mol. The third kappa shape index (κ3) is 8.56. The smallest absolute Gasteiger partial charge is 1.00 e. The number of rotatable bonds is 3. The van der Waals surface area contributed by atoms with Crippen LogP contribution in [-0.4, -0.2) is 38.9 Å². The Bertz CT molecular complexity index is 688. The normalized spacial score (nSPS) is 11.6. The zero-order valence-electron chi connectivity index (χ0n) is 14.2. The van der Waals surface area contributed by atoms with Gasteiger partial charge in [0.25, 0.3) is 30.4 Å². The minimum atomic E-state index is -4.92. The van der Waals surface area contributed by atoms with Gasteiger partial charge in [0.15, 0.2) is 0 Å². The van der Waals surface area contributed by atoms with E-state index in [0.29, 0.717) is 18.2 Å². The van der Waals surface area contributed by atoms with Gasteiger partial charge in [0.05, 0.1) is 14.7 Å². The Morgan fingerprint density at radius 3 is 0.810 bits per heavy atom. The van der Waals surface area contributed by atoms with Crippen molar-refractivity contribution in [3.63, 3.8) is 0 Å². The summed E-state index contributed by atoms with van der Waals surface area (Å²) in [5.41, 5.74) is 0. The van der Waals surface area contributed by atoms with E-state index in [1.54, 1.807) is 0 Å². The molecule has 0 bridgehead atoms. The molecule has 0 aliphatic carbocycles. The van der Waals surface area contributed by atoms with Crippen LogP contribution in [0, 0.1) is 0 Å². The largest absolute Gasteiger partial charge is 1.00 e. The molecule has 0 atom stereocenters. The molecule has 0 saturated heterocycles. The van der Waals surface area contributed by atoms with Crippen LogP contribution in [0.3, 0.4) is 0 Å². The second-order valence-electron chi connectivity index (χ2n) is 3.07. The predicted octanol–water partition coefficient (Wildman–Crippen LogP) is -9.22. The van der Waals surface area contributed by atoms with E-state index in [2.05, 4.69) is 0 Å². The van der Waals surface area contributed by atoms with Gasteiger partial charge in [-0.25, -0.2) is 0 Å². The summed E-state index contributed by atoms with van der Waals surface area (Å²) in [6, 6.07) is 0.998. The van der Waals surface area contributed by atoms with E-state index >= 15 is 0 Å². The van der Waals surface area contributed by atoms with Crippen molar-refractivity contribution in [3.8, 4) is 0 Å². The maximum absolute atomic E-state index is 10.8. The maximum Gasteiger partial charge on any atom is 1.00 e. The van der Waals surface area contributed by atoms with Gasteiger partial charge in [-0.2, -0.15) is 25.3 Å². The van der Waals surface area contributed by atoms with Gasteiger partial charge < -0.3 is 4.28 Å². The molecule has 0 spiro atoms. The Morgan fingerprint density at radius 2 is 0.714 bits per heavy atom. The Kier molecular flexibility index (Phi) is 12.5. The SMILES string of the molecule is O=S(=O)(O)c1cc(S(=O)(=O)O)cc(S(=O)(=O)O)c1.[H-].[H-].[H-].[Na+].[Na+].[Na+]. The average Bonchev–Trinajstić information content (AvgIpc) is 2.13. The topological polar surface area (TPSA) is 163 Å². The van der Waals surface area contributed by atoms with Gasteiger partial charge in [0, 0.05) is 0 Å². The van der Waals surface area contributed by atoms with Gasteiger partial charge in [0.2, 0.25) is 0 Å². The Balaban J connectivity index is -0.000000135. The van der Waals surface area contributed by atoms with Crippen molar-refractivity contribution in [1.29, 1.82) is 0 Å². The van der Waals surface area contributed by atoms with Crippen LogP contribution in [0.15, 0.2) is 32.9 Å². The van der Waals surface area contributed by atoms with Crippen molar-refractivity contribution in [2.45, 2.75) is 14.7 Å². The Morgan fingerprint density at radius 1 is 0.571 bits per heavy atom. The first-order valence-electron chi connectivity index (χ1n) is 3.89. The van der Waals surface area contributed by atoms with E-state index in [1.165, 1.54) is 0 Å². The summed E-state index contributed by atoms with van der Waals surface area (Å²) in [5, 5.41) is 0. The van der Waals surface area contributed by atoms with Gasteiger partial charge in [-0.3, -0.25) is 13.7 Å². The second-order valence-corrected chi connectivity index (χ2v) is 7.33. The maximum atomic E-state index is 10.8. The molecule has 3 N–H and O–H groups in total. The van der Waals surface area contributed by atoms with E-state index in [1.807, 2.05) is 0 Å². The molecule has 1 rings (SSSR count). The molecule has 15 heteroatoms. The summed E-state index contributed by atoms with van der Waals surface area (Å²) in [4.78, 5) is -3.32. The van der Waals surface area contributed by atoms with E-state index in [-0.39, 0.29) is 93.0 Å². The van der Waals surface area contributed by atoms with Gasteiger partial charge >= 0.3 is 88.7 Å². The third-order valence-corrected chi connectivity index (χ3v) is 4.24. The molecule has 0 fully saturated rings. The second kappa shape index (κ2) is 9.44. The molecule has 1 aromatic rings. The van der Waals surface area contributed by atoms with Crippen LogP contribution in [0.5, 0.6) is 0 Å². The van der Waals surface area contributed by atoms with Gasteiger partial charge in [-0.15, -0.1) is 0 Å². The van der Waals surface area contributed by atoms with Crippen molar-refractivity contribution < 1.29 is 132 Å². The van der Waals surface area contributed by atoms with Gasteiger partial charge in [-0.05, 0) is 18.2 Å². The van der Waals surface area contributed by atoms with Crippen molar-refractivity contribution in [3.05, 3.63) is 18.2 Å². The summed E-state index contributed by atoms with van der Waals surface area (Å²) >= 11 is 0. The van der Waals surface area contributed by atoms with Crippen LogP contribution < -0.4 is 88.7 Å². The van der Waals surface area contributed by atoms with E-state index in [0.717, 1.165) is 0 Å². The van der Waals surface area contributed by atoms with Crippen LogP contribution in [0.4, 0.5) is 0 Å². The fourth-order valence-corrected chi connectivity index (χ4v) is 2.87. The molecule has 0 aliphatic rings. The molecule has 108 valence electrons. The van der Waals surface area contributed by atoms with E-state index in [9.17, 15) is 25.3 Å². The van der Waals surface area contributed by atoms with Crippen molar-refractivity contribution >= 4 is 30.4 Å². The molecule has 9 nitrogen and oxygen atoms in total. The molecule has 0 heterocycles.